The van der Waals surface area contributed by atoms with E-state index in [0.29, 0.717) is 30.4 Å². The molecule has 2 rings (SSSR count). The van der Waals surface area contributed by atoms with Gasteiger partial charge in [0, 0.05) is 5.54 Å². The summed E-state index contributed by atoms with van der Waals surface area (Å²) >= 11 is 6.38. The van der Waals surface area contributed by atoms with E-state index in [4.69, 9.17) is 26.8 Å². The average Bonchev–Trinajstić information content (AvgIpc) is 2.23. The maximum absolute atomic E-state index is 6.38. The number of hydrogen-bond donors (Lipinski definition) is 1. The Morgan fingerprint density at radius 3 is 2.65 bits per heavy atom. The topological polar surface area (TPSA) is 44.5 Å². The molecule has 0 bridgehead atoms. The number of hydrogen-bond acceptors (Lipinski definition) is 3. The monoisotopic (exact) mass is 255 g/mol. The van der Waals surface area contributed by atoms with Crippen LogP contribution in [0.3, 0.4) is 0 Å². The minimum absolute atomic E-state index is 0.293. The molecule has 4 heteroatoms. The third kappa shape index (κ3) is 2.67. The summed E-state index contributed by atoms with van der Waals surface area (Å²) in [6.07, 6.45) is 0.717. The Balaban J connectivity index is 2.46. The van der Waals surface area contributed by atoms with Crippen LogP contribution in [0.25, 0.3) is 0 Å². The highest BCUT2D eigenvalue weighted by atomic mass is 35.5. The molecule has 0 saturated carbocycles. The van der Waals surface area contributed by atoms with Crippen molar-refractivity contribution in [1.29, 1.82) is 0 Å². The van der Waals surface area contributed by atoms with Crippen molar-refractivity contribution in [1.82, 2.24) is 0 Å². The van der Waals surface area contributed by atoms with Crippen LogP contribution in [0.2, 0.25) is 5.02 Å². The van der Waals surface area contributed by atoms with Crippen LogP contribution in [0.1, 0.15) is 25.0 Å². The zero-order valence-corrected chi connectivity index (χ0v) is 11.2. The van der Waals surface area contributed by atoms with E-state index in [-0.39, 0.29) is 5.54 Å². The summed E-state index contributed by atoms with van der Waals surface area (Å²) in [6, 6.07) is 1.97. The van der Waals surface area contributed by atoms with Crippen molar-refractivity contribution < 1.29 is 9.47 Å². The summed E-state index contributed by atoms with van der Waals surface area (Å²) in [5.74, 6) is 1.39. The molecular formula is C13H18ClNO2. The van der Waals surface area contributed by atoms with Gasteiger partial charge in [0.25, 0.3) is 0 Å². The molecule has 1 aliphatic heterocycles. The molecule has 94 valence electrons. The zero-order chi connectivity index (χ0) is 12.6. The summed E-state index contributed by atoms with van der Waals surface area (Å²) in [7, 11) is 0. The molecule has 0 atom stereocenters. The van der Waals surface area contributed by atoms with Crippen molar-refractivity contribution in [3.05, 3.63) is 22.2 Å². The van der Waals surface area contributed by atoms with Crippen LogP contribution in [0.15, 0.2) is 6.07 Å². The van der Waals surface area contributed by atoms with Gasteiger partial charge < -0.3 is 15.2 Å². The zero-order valence-electron chi connectivity index (χ0n) is 10.5. The second kappa shape index (κ2) is 4.39. The Kier molecular flexibility index (Phi) is 3.23. The van der Waals surface area contributed by atoms with Gasteiger partial charge in [-0.3, -0.25) is 0 Å². The van der Waals surface area contributed by atoms with Crippen molar-refractivity contribution >= 4 is 11.6 Å². The summed E-state index contributed by atoms with van der Waals surface area (Å²) in [5, 5.41) is 0.637. The molecule has 1 heterocycles. The molecule has 1 aliphatic rings. The van der Waals surface area contributed by atoms with Crippen molar-refractivity contribution in [2.24, 2.45) is 5.73 Å². The highest BCUT2D eigenvalue weighted by Gasteiger charge is 2.23. The number of ether oxygens (including phenoxy) is 2. The molecule has 1 aromatic rings. The van der Waals surface area contributed by atoms with Gasteiger partial charge in [-0.2, -0.15) is 0 Å². The van der Waals surface area contributed by atoms with Crippen molar-refractivity contribution in [2.75, 3.05) is 13.2 Å². The van der Waals surface area contributed by atoms with Crippen molar-refractivity contribution in [3.63, 3.8) is 0 Å². The normalized spacial score (nSPS) is 14.9. The fourth-order valence-corrected chi connectivity index (χ4v) is 2.34. The van der Waals surface area contributed by atoms with E-state index in [2.05, 4.69) is 0 Å². The smallest absolute Gasteiger partial charge is 0.180 e. The molecule has 1 aromatic carbocycles. The number of aryl methyl sites for hydroxylation is 1. The molecule has 17 heavy (non-hydrogen) atoms. The third-order valence-corrected chi connectivity index (χ3v) is 3.13. The van der Waals surface area contributed by atoms with Crippen molar-refractivity contribution in [3.8, 4) is 11.5 Å². The van der Waals surface area contributed by atoms with Crippen LogP contribution in [-0.4, -0.2) is 18.8 Å². The van der Waals surface area contributed by atoms with Crippen LogP contribution in [0.5, 0.6) is 11.5 Å². The quantitative estimate of drug-likeness (QED) is 0.884. The molecule has 0 saturated heterocycles. The second-order valence-corrected chi connectivity index (χ2v) is 5.55. The van der Waals surface area contributed by atoms with E-state index in [9.17, 15) is 0 Å². The van der Waals surface area contributed by atoms with Crippen LogP contribution in [0.4, 0.5) is 0 Å². The minimum Gasteiger partial charge on any atom is -0.486 e. The summed E-state index contributed by atoms with van der Waals surface area (Å²) in [6.45, 7) is 7.11. The Bertz CT molecular complexity index is 438. The first-order valence-electron chi connectivity index (χ1n) is 5.75. The van der Waals surface area contributed by atoms with E-state index in [1.54, 1.807) is 0 Å². The Labute approximate surface area is 107 Å². The van der Waals surface area contributed by atoms with Crippen molar-refractivity contribution in [2.45, 2.75) is 32.7 Å². The van der Waals surface area contributed by atoms with Crippen LogP contribution in [0, 0.1) is 6.92 Å². The first-order chi connectivity index (χ1) is 7.88. The number of halogens is 1. The van der Waals surface area contributed by atoms with E-state index in [0.717, 1.165) is 16.9 Å². The molecule has 3 nitrogen and oxygen atoms in total. The van der Waals surface area contributed by atoms with Gasteiger partial charge in [0.1, 0.15) is 13.2 Å². The molecule has 0 amide bonds. The van der Waals surface area contributed by atoms with E-state index < -0.39 is 0 Å². The van der Waals surface area contributed by atoms with Gasteiger partial charge in [-0.15, -0.1) is 0 Å². The Morgan fingerprint density at radius 1 is 1.35 bits per heavy atom. The maximum Gasteiger partial charge on any atom is 0.180 e. The van der Waals surface area contributed by atoms with Gasteiger partial charge in [0.05, 0.1) is 5.02 Å². The number of nitrogens with two attached hydrogens (primary N) is 1. The van der Waals surface area contributed by atoms with Gasteiger partial charge in [-0.1, -0.05) is 11.6 Å². The first kappa shape index (κ1) is 12.5. The highest BCUT2D eigenvalue weighted by Crippen LogP contribution is 2.42. The molecule has 0 unspecified atom stereocenters. The standard InChI is InChI=1S/C13H18ClNO2/c1-8-6-10-12(17-5-4-16-10)11(14)9(8)7-13(2,3)15/h6H,4-5,7,15H2,1-3H3. The predicted octanol–water partition coefficient (Wildman–Crippen LogP) is 2.70. The highest BCUT2D eigenvalue weighted by molar-refractivity contribution is 6.33. The van der Waals surface area contributed by atoms with Gasteiger partial charge in [0.2, 0.25) is 0 Å². The van der Waals surface area contributed by atoms with Gasteiger partial charge in [-0.25, -0.2) is 0 Å². The molecular weight excluding hydrogens is 238 g/mol. The molecule has 0 spiro atoms. The number of rotatable bonds is 2. The molecule has 0 aliphatic carbocycles. The predicted molar refractivity (Wildman–Crippen MR) is 69.1 cm³/mol. The largest absolute Gasteiger partial charge is 0.486 e. The lowest BCUT2D eigenvalue weighted by atomic mass is 9.93. The van der Waals surface area contributed by atoms with Gasteiger partial charge in [0.15, 0.2) is 11.5 Å². The molecule has 0 radical (unpaired) electrons. The molecule has 2 N–H and O–H groups in total. The van der Waals surface area contributed by atoms with Crippen LogP contribution in [-0.2, 0) is 6.42 Å². The second-order valence-electron chi connectivity index (χ2n) is 5.18. The van der Waals surface area contributed by atoms with Gasteiger partial charge >= 0.3 is 0 Å². The lowest BCUT2D eigenvalue weighted by molar-refractivity contribution is 0.171. The van der Waals surface area contributed by atoms with Crippen LogP contribution >= 0.6 is 11.6 Å². The maximum atomic E-state index is 6.38. The molecule has 0 aromatic heterocycles. The van der Waals surface area contributed by atoms with E-state index >= 15 is 0 Å². The lowest BCUT2D eigenvalue weighted by Crippen LogP contribution is -2.35. The number of fused-ring (bicyclic) bond motifs is 1. The van der Waals surface area contributed by atoms with E-state index in [1.807, 2.05) is 26.8 Å². The average molecular weight is 256 g/mol. The lowest BCUT2D eigenvalue weighted by Gasteiger charge is -2.25. The molecule has 0 fully saturated rings. The summed E-state index contributed by atoms with van der Waals surface area (Å²) in [4.78, 5) is 0. The summed E-state index contributed by atoms with van der Waals surface area (Å²) < 4.78 is 11.1. The fraction of sp³-hybridized carbons (Fsp3) is 0.538. The SMILES string of the molecule is Cc1cc2c(c(Cl)c1CC(C)(C)N)OCCO2. The Morgan fingerprint density at radius 2 is 2.00 bits per heavy atom. The first-order valence-corrected chi connectivity index (χ1v) is 6.13. The Hall–Kier alpha value is -0.930. The van der Waals surface area contributed by atoms with E-state index in [1.165, 1.54) is 0 Å². The summed E-state index contributed by atoms with van der Waals surface area (Å²) in [5.41, 5.74) is 7.90. The third-order valence-electron chi connectivity index (χ3n) is 2.73. The minimum atomic E-state index is -0.293. The van der Waals surface area contributed by atoms with Gasteiger partial charge in [-0.05, 0) is 44.4 Å². The number of benzene rings is 1. The van der Waals surface area contributed by atoms with Crippen LogP contribution < -0.4 is 15.2 Å². The fourth-order valence-electron chi connectivity index (χ4n) is 1.98.